The number of hydrogen-bond acceptors (Lipinski definition) is 2. The second kappa shape index (κ2) is 4.48. The Hall–Kier alpha value is -0.530. The first-order valence-corrected chi connectivity index (χ1v) is 4.87. The van der Waals surface area contributed by atoms with Crippen molar-refractivity contribution in [2.24, 2.45) is 11.8 Å². The highest BCUT2D eigenvalue weighted by molar-refractivity contribution is 5.72. The molecule has 0 spiro atoms. The summed E-state index contributed by atoms with van der Waals surface area (Å²) in [5.74, 6) is 0.754. The van der Waals surface area contributed by atoms with Crippen molar-refractivity contribution < 1.29 is 9.53 Å². The van der Waals surface area contributed by atoms with Crippen molar-refractivity contribution in [1.82, 2.24) is 0 Å². The number of methoxy groups -OCH3 is 1. The molecule has 12 heavy (non-hydrogen) atoms. The molecule has 0 aromatic rings. The third-order valence-corrected chi connectivity index (χ3v) is 2.91. The van der Waals surface area contributed by atoms with Gasteiger partial charge in [0.25, 0.3) is 0 Å². The molecular formula is C10H18O2. The summed E-state index contributed by atoms with van der Waals surface area (Å²) in [6.07, 6.45) is 5.94. The van der Waals surface area contributed by atoms with E-state index in [1.165, 1.54) is 32.8 Å². The van der Waals surface area contributed by atoms with E-state index >= 15 is 0 Å². The average molecular weight is 170 g/mol. The van der Waals surface area contributed by atoms with E-state index in [9.17, 15) is 4.79 Å². The Bertz CT molecular complexity index is 148. The molecule has 0 aliphatic heterocycles. The molecule has 1 saturated carbocycles. The second-order valence-corrected chi connectivity index (χ2v) is 3.58. The van der Waals surface area contributed by atoms with Gasteiger partial charge < -0.3 is 4.74 Å². The van der Waals surface area contributed by atoms with Gasteiger partial charge in [-0.25, -0.2) is 0 Å². The van der Waals surface area contributed by atoms with Crippen LogP contribution in [0.25, 0.3) is 0 Å². The number of esters is 1. The lowest BCUT2D eigenvalue weighted by atomic mass is 9.89. The summed E-state index contributed by atoms with van der Waals surface area (Å²) in [7, 11) is 1.49. The van der Waals surface area contributed by atoms with E-state index in [1.54, 1.807) is 0 Å². The van der Waals surface area contributed by atoms with Gasteiger partial charge in [-0.15, -0.1) is 0 Å². The molecule has 0 N–H and O–H groups in total. The smallest absolute Gasteiger partial charge is 0.308 e. The molecule has 1 unspecified atom stereocenters. The van der Waals surface area contributed by atoms with Crippen LogP contribution in [0, 0.1) is 11.8 Å². The highest BCUT2D eigenvalue weighted by atomic mass is 16.5. The topological polar surface area (TPSA) is 26.3 Å². The van der Waals surface area contributed by atoms with Crippen LogP contribution < -0.4 is 0 Å². The standard InChI is InChI=1S/C10H18O2/c1-3-9(10(11)12-2)8-6-4-5-7-8/h8-9H,3-7H2,1-2H3. The molecule has 0 saturated heterocycles. The van der Waals surface area contributed by atoms with E-state index in [1.807, 2.05) is 0 Å². The molecule has 0 heterocycles. The molecular weight excluding hydrogens is 152 g/mol. The first kappa shape index (κ1) is 9.56. The maximum absolute atomic E-state index is 11.3. The summed E-state index contributed by atoms with van der Waals surface area (Å²) in [6.45, 7) is 2.07. The van der Waals surface area contributed by atoms with Gasteiger partial charge in [-0.05, 0) is 25.2 Å². The fourth-order valence-corrected chi connectivity index (χ4v) is 2.20. The van der Waals surface area contributed by atoms with Gasteiger partial charge in [-0.1, -0.05) is 19.8 Å². The van der Waals surface area contributed by atoms with Crippen LogP contribution in [0.15, 0.2) is 0 Å². The van der Waals surface area contributed by atoms with Gasteiger partial charge in [-0.3, -0.25) is 4.79 Å². The Morgan fingerprint density at radius 1 is 1.50 bits per heavy atom. The monoisotopic (exact) mass is 170 g/mol. The summed E-state index contributed by atoms with van der Waals surface area (Å²) < 4.78 is 4.78. The fraction of sp³-hybridized carbons (Fsp3) is 0.900. The Labute approximate surface area is 74.3 Å². The Morgan fingerprint density at radius 3 is 2.50 bits per heavy atom. The minimum Gasteiger partial charge on any atom is -0.469 e. The van der Waals surface area contributed by atoms with Crippen molar-refractivity contribution >= 4 is 5.97 Å². The van der Waals surface area contributed by atoms with Crippen LogP contribution in [0.4, 0.5) is 0 Å². The van der Waals surface area contributed by atoms with Crippen LogP contribution in [0.2, 0.25) is 0 Å². The van der Waals surface area contributed by atoms with Crippen LogP contribution in [-0.2, 0) is 9.53 Å². The maximum Gasteiger partial charge on any atom is 0.308 e. The van der Waals surface area contributed by atoms with Crippen LogP contribution in [-0.4, -0.2) is 13.1 Å². The predicted molar refractivity (Wildman–Crippen MR) is 47.8 cm³/mol. The van der Waals surface area contributed by atoms with Gasteiger partial charge in [0.05, 0.1) is 13.0 Å². The third kappa shape index (κ3) is 1.99. The SMILES string of the molecule is CCC(C(=O)OC)C1CCCC1. The van der Waals surface area contributed by atoms with Crippen molar-refractivity contribution in [2.75, 3.05) is 7.11 Å². The minimum atomic E-state index is -0.00981. The molecule has 1 atom stereocenters. The fourth-order valence-electron chi connectivity index (χ4n) is 2.20. The highest BCUT2D eigenvalue weighted by Crippen LogP contribution is 2.33. The Balaban J connectivity index is 2.48. The van der Waals surface area contributed by atoms with Gasteiger partial charge in [0.15, 0.2) is 0 Å². The van der Waals surface area contributed by atoms with Gasteiger partial charge in [0, 0.05) is 0 Å². The zero-order chi connectivity index (χ0) is 8.97. The molecule has 1 aliphatic rings. The molecule has 2 heteroatoms. The lowest BCUT2D eigenvalue weighted by molar-refractivity contribution is -0.147. The molecule has 0 amide bonds. The largest absolute Gasteiger partial charge is 0.469 e. The molecule has 1 fully saturated rings. The van der Waals surface area contributed by atoms with Crippen molar-refractivity contribution in [3.8, 4) is 0 Å². The number of hydrogen-bond donors (Lipinski definition) is 0. The number of carbonyl (C=O) groups is 1. The van der Waals surface area contributed by atoms with Gasteiger partial charge in [0.1, 0.15) is 0 Å². The predicted octanol–water partition coefficient (Wildman–Crippen LogP) is 2.38. The zero-order valence-corrected chi connectivity index (χ0v) is 8.01. The van der Waals surface area contributed by atoms with Gasteiger partial charge in [0.2, 0.25) is 0 Å². The van der Waals surface area contributed by atoms with Crippen LogP contribution in [0.1, 0.15) is 39.0 Å². The normalized spacial score (nSPS) is 20.8. The molecule has 2 nitrogen and oxygen atoms in total. The van der Waals surface area contributed by atoms with E-state index in [4.69, 9.17) is 4.74 Å². The van der Waals surface area contributed by atoms with Crippen molar-refractivity contribution in [2.45, 2.75) is 39.0 Å². The molecule has 1 rings (SSSR count). The van der Waals surface area contributed by atoms with Crippen LogP contribution >= 0.6 is 0 Å². The summed E-state index contributed by atoms with van der Waals surface area (Å²) >= 11 is 0. The summed E-state index contributed by atoms with van der Waals surface area (Å²) in [4.78, 5) is 11.3. The number of ether oxygens (including phenoxy) is 1. The summed E-state index contributed by atoms with van der Waals surface area (Å²) in [5, 5.41) is 0. The van der Waals surface area contributed by atoms with Crippen molar-refractivity contribution in [1.29, 1.82) is 0 Å². The van der Waals surface area contributed by atoms with Gasteiger partial charge >= 0.3 is 5.97 Å². The lowest BCUT2D eigenvalue weighted by Crippen LogP contribution is -2.22. The molecule has 1 aliphatic carbocycles. The third-order valence-electron chi connectivity index (χ3n) is 2.91. The summed E-state index contributed by atoms with van der Waals surface area (Å²) in [6, 6.07) is 0. The maximum atomic E-state index is 11.3. The van der Waals surface area contributed by atoms with E-state index < -0.39 is 0 Å². The highest BCUT2D eigenvalue weighted by Gasteiger charge is 2.29. The Kier molecular flexibility index (Phi) is 3.57. The zero-order valence-electron chi connectivity index (χ0n) is 8.01. The molecule has 0 aromatic heterocycles. The number of rotatable bonds is 3. The minimum absolute atomic E-state index is 0.00981. The lowest BCUT2D eigenvalue weighted by Gasteiger charge is -2.18. The van der Waals surface area contributed by atoms with E-state index in [0.717, 1.165) is 6.42 Å². The molecule has 0 aromatic carbocycles. The number of carbonyl (C=O) groups excluding carboxylic acids is 1. The Morgan fingerprint density at radius 2 is 2.08 bits per heavy atom. The molecule has 0 bridgehead atoms. The van der Waals surface area contributed by atoms with Gasteiger partial charge in [-0.2, -0.15) is 0 Å². The quantitative estimate of drug-likeness (QED) is 0.608. The average Bonchev–Trinajstić information content (AvgIpc) is 2.58. The van der Waals surface area contributed by atoms with Crippen LogP contribution in [0.3, 0.4) is 0 Å². The second-order valence-electron chi connectivity index (χ2n) is 3.58. The first-order chi connectivity index (χ1) is 5.79. The molecule has 0 radical (unpaired) electrons. The van der Waals surface area contributed by atoms with E-state index in [2.05, 4.69) is 6.92 Å². The van der Waals surface area contributed by atoms with Crippen molar-refractivity contribution in [3.63, 3.8) is 0 Å². The molecule has 70 valence electrons. The van der Waals surface area contributed by atoms with E-state index in [-0.39, 0.29) is 11.9 Å². The van der Waals surface area contributed by atoms with E-state index in [0.29, 0.717) is 5.92 Å². The van der Waals surface area contributed by atoms with Crippen molar-refractivity contribution in [3.05, 3.63) is 0 Å². The first-order valence-electron chi connectivity index (χ1n) is 4.87. The van der Waals surface area contributed by atoms with Crippen LogP contribution in [0.5, 0.6) is 0 Å². The summed E-state index contributed by atoms with van der Waals surface area (Å²) in [5.41, 5.74) is 0.